The Balaban J connectivity index is 1.84. The SMILES string of the molecule is Cc1cccc(C)c1NC(=O)c1cc(Nc2c(F)cccc2F)ccn1. The Bertz CT molecular complexity index is 933. The maximum Gasteiger partial charge on any atom is 0.274 e. The minimum Gasteiger partial charge on any atom is -0.351 e. The highest BCUT2D eigenvalue weighted by Gasteiger charge is 2.13. The number of hydrogen-bond donors (Lipinski definition) is 2. The van der Waals surface area contributed by atoms with Crippen LogP contribution >= 0.6 is 0 Å². The predicted molar refractivity (Wildman–Crippen MR) is 97.7 cm³/mol. The van der Waals surface area contributed by atoms with E-state index >= 15 is 0 Å². The summed E-state index contributed by atoms with van der Waals surface area (Å²) in [5.41, 5.74) is 2.80. The molecule has 3 rings (SSSR count). The summed E-state index contributed by atoms with van der Waals surface area (Å²) in [7, 11) is 0. The maximum atomic E-state index is 13.8. The van der Waals surface area contributed by atoms with E-state index in [2.05, 4.69) is 15.6 Å². The molecule has 1 amide bonds. The number of hydrogen-bond acceptors (Lipinski definition) is 3. The molecule has 0 saturated carbocycles. The molecule has 2 N–H and O–H groups in total. The van der Waals surface area contributed by atoms with Crippen molar-refractivity contribution >= 4 is 23.0 Å². The van der Waals surface area contributed by atoms with Crippen LogP contribution in [0.3, 0.4) is 0 Å². The normalized spacial score (nSPS) is 10.5. The number of nitrogens with one attached hydrogen (secondary N) is 2. The third-order valence-electron chi connectivity index (χ3n) is 3.94. The Morgan fingerprint density at radius 1 is 0.923 bits per heavy atom. The number of carbonyl (C=O) groups is 1. The molecule has 0 atom stereocenters. The van der Waals surface area contributed by atoms with Gasteiger partial charge in [-0.15, -0.1) is 0 Å². The van der Waals surface area contributed by atoms with Crippen molar-refractivity contribution in [2.75, 3.05) is 10.6 Å². The summed E-state index contributed by atoms with van der Waals surface area (Å²) in [6, 6.07) is 12.3. The van der Waals surface area contributed by atoms with Crippen molar-refractivity contribution in [1.29, 1.82) is 0 Å². The summed E-state index contributed by atoms with van der Waals surface area (Å²) in [5.74, 6) is -1.84. The molecule has 0 bridgehead atoms. The van der Waals surface area contributed by atoms with Gasteiger partial charge in [-0.3, -0.25) is 9.78 Å². The zero-order valence-electron chi connectivity index (χ0n) is 14.3. The molecule has 132 valence electrons. The van der Waals surface area contributed by atoms with Crippen LogP contribution < -0.4 is 10.6 Å². The summed E-state index contributed by atoms with van der Waals surface area (Å²) < 4.78 is 27.5. The fourth-order valence-electron chi connectivity index (χ4n) is 2.58. The second-order valence-electron chi connectivity index (χ2n) is 5.87. The first-order chi connectivity index (χ1) is 12.5. The van der Waals surface area contributed by atoms with Crippen LogP contribution in [0.1, 0.15) is 21.6 Å². The lowest BCUT2D eigenvalue weighted by Crippen LogP contribution is -2.15. The number of pyridine rings is 1. The van der Waals surface area contributed by atoms with E-state index in [9.17, 15) is 13.6 Å². The molecule has 0 saturated heterocycles. The number of nitrogens with zero attached hydrogens (tertiary/aromatic N) is 1. The van der Waals surface area contributed by atoms with Gasteiger partial charge >= 0.3 is 0 Å². The van der Waals surface area contributed by atoms with E-state index in [0.29, 0.717) is 5.69 Å². The summed E-state index contributed by atoms with van der Waals surface area (Å²) in [6.07, 6.45) is 1.40. The van der Waals surface area contributed by atoms with E-state index in [1.54, 1.807) is 0 Å². The van der Waals surface area contributed by atoms with Gasteiger partial charge in [-0.05, 0) is 49.2 Å². The zero-order valence-corrected chi connectivity index (χ0v) is 14.3. The Morgan fingerprint density at radius 3 is 2.19 bits per heavy atom. The highest BCUT2D eigenvalue weighted by molar-refractivity contribution is 6.04. The number of para-hydroxylation sites is 2. The van der Waals surface area contributed by atoms with Gasteiger partial charge in [0, 0.05) is 17.6 Å². The maximum absolute atomic E-state index is 13.8. The van der Waals surface area contributed by atoms with Gasteiger partial charge in [0.25, 0.3) is 5.91 Å². The molecule has 3 aromatic rings. The average molecular weight is 353 g/mol. The van der Waals surface area contributed by atoms with E-state index in [4.69, 9.17) is 0 Å². The van der Waals surface area contributed by atoms with Crippen molar-refractivity contribution < 1.29 is 13.6 Å². The first kappa shape index (κ1) is 17.5. The molecule has 0 radical (unpaired) electrons. The van der Waals surface area contributed by atoms with Crippen molar-refractivity contribution in [1.82, 2.24) is 4.98 Å². The predicted octanol–water partition coefficient (Wildman–Crippen LogP) is 4.97. The van der Waals surface area contributed by atoms with E-state index in [-0.39, 0.29) is 11.4 Å². The van der Waals surface area contributed by atoms with Gasteiger partial charge in [-0.25, -0.2) is 8.78 Å². The monoisotopic (exact) mass is 353 g/mol. The van der Waals surface area contributed by atoms with Crippen molar-refractivity contribution in [2.24, 2.45) is 0 Å². The minimum absolute atomic E-state index is 0.134. The lowest BCUT2D eigenvalue weighted by Gasteiger charge is -2.12. The number of amides is 1. The van der Waals surface area contributed by atoms with Gasteiger partial charge in [0.2, 0.25) is 0 Å². The van der Waals surface area contributed by atoms with Crippen LogP contribution in [-0.4, -0.2) is 10.9 Å². The third-order valence-corrected chi connectivity index (χ3v) is 3.94. The summed E-state index contributed by atoms with van der Waals surface area (Å²) in [5, 5.41) is 5.48. The van der Waals surface area contributed by atoms with E-state index in [0.717, 1.165) is 28.9 Å². The second kappa shape index (κ2) is 7.31. The molecule has 0 unspecified atom stereocenters. The number of aromatic nitrogens is 1. The fourth-order valence-corrected chi connectivity index (χ4v) is 2.58. The summed E-state index contributed by atoms with van der Waals surface area (Å²) in [6.45, 7) is 3.80. The molecule has 0 aliphatic heterocycles. The number of rotatable bonds is 4. The summed E-state index contributed by atoms with van der Waals surface area (Å²) in [4.78, 5) is 16.5. The van der Waals surface area contributed by atoms with Gasteiger partial charge in [0.05, 0.1) is 0 Å². The van der Waals surface area contributed by atoms with Gasteiger partial charge in [0.15, 0.2) is 0 Å². The molecule has 4 nitrogen and oxygen atoms in total. The molecule has 0 fully saturated rings. The number of anilines is 3. The van der Waals surface area contributed by atoms with Crippen LogP contribution in [0.25, 0.3) is 0 Å². The van der Waals surface area contributed by atoms with Crippen LogP contribution in [0.5, 0.6) is 0 Å². The van der Waals surface area contributed by atoms with Gasteiger partial charge in [0.1, 0.15) is 23.0 Å². The lowest BCUT2D eigenvalue weighted by atomic mass is 10.1. The molecular weight excluding hydrogens is 336 g/mol. The van der Waals surface area contributed by atoms with E-state index in [1.165, 1.54) is 24.4 Å². The molecule has 6 heteroatoms. The van der Waals surface area contributed by atoms with Gasteiger partial charge in [-0.1, -0.05) is 24.3 Å². The first-order valence-electron chi connectivity index (χ1n) is 8.00. The molecule has 1 aromatic heterocycles. The molecular formula is C20H17F2N3O. The standard InChI is InChI=1S/C20H17F2N3O/c1-12-5-3-6-13(2)18(12)25-20(26)17-11-14(9-10-23-17)24-19-15(21)7-4-8-16(19)22/h3-11H,1-2H3,(H,23,24)(H,25,26). The highest BCUT2D eigenvalue weighted by atomic mass is 19.1. The van der Waals surface area contributed by atoms with E-state index < -0.39 is 17.5 Å². The number of halogens is 2. The first-order valence-corrected chi connectivity index (χ1v) is 8.00. The highest BCUT2D eigenvalue weighted by Crippen LogP contribution is 2.24. The molecule has 0 aliphatic carbocycles. The van der Waals surface area contributed by atoms with Crippen LogP contribution in [0.2, 0.25) is 0 Å². The topological polar surface area (TPSA) is 54.0 Å². The number of aryl methyl sites for hydroxylation is 2. The van der Waals surface area contributed by atoms with Crippen molar-refractivity contribution in [3.05, 3.63) is 83.2 Å². The van der Waals surface area contributed by atoms with Crippen molar-refractivity contribution in [2.45, 2.75) is 13.8 Å². The quantitative estimate of drug-likeness (QED) is 0.696. The lowest BCUT2D eigenvalue weighted by molar-refractivity contribution is 0.102. The number of carbonyl (C=O) groups excluding carboxylic acids is 1. The van der Waals surface area contributed by atoms with Crippen LogP contribution in [0, 0.1) is 25.5 Å². The molecule has 26 heavy (non-hydrogen) atoms. The largest absolute Gasteiger partial charge is 0.351 e. The Kier molecular flexibility index (Phi) is 4.93. The average Bonchev–Trinajstić information content (AvgIpc) is 2.62. The smallest absolute Gasteiger partial charge is 0.274 e. The van der Waals surface area contributed by atoms with Gasteiger partial charge in [-0.2, -0.15) is 0 Å². The van der Waals surface area contributed by atoms with Crippen LogP contribution in [-0.2, 0) is 0 Å². The number of benzene rings is 2. The molecule has 1 heterocycles. The Hall–Kier alpha value is -3.28. The fraction of sp³-hybridized carbons (Fsp3) is 0.100. The molecule has 2 aromatic carbocycles. The minimum atomic E-state index is -0.719. The van der Waals surface area contributed by atoms with Gasteiger partial charge < -0.3 is 10.6 Å². The van der Waals surface area contributed by atoms with Crippen LogP contribution in [0.4, 0.5) is 25.8 Å². The van der Waals surface area contributed by atoms with Crippen molar-refractivity contribution in [3.8, 4) is 0 Å². The van der Waals surface area contributed by atoms with Crippen molar-refractivity contribution in [3.63, 3.8) is 0 Å². The third kappa shape index (κ3) is 3.69. The summed E-state index contributed by atoms with van der Waals surface area (Å²) >= 11 is 0. The van der Waals surface area contributed by atoms with E-state index in [1.807, 2.05) is 32.0 Å². The Labute approximate surface area is 149 Å². The Morgan fingerprint density at radius 2 is 1.54 bits per heavy atom. The van der Waals surface area contributed by atoms with Crippen LogP contribution in [0.15, 0.2) is 54.7 Å². The molecule has 0 spiro atoms. The second-order valence-corrected chi connectivity index (χ2v) is 5.87. The zero-order chi connectivity index (χ0) is 18.7. The molecule has 0 aliphatic rings.